The summed E-state index contributed by atoms with van der Waals surface area (Å²) in [5, 5.41) is 0. The summed E-state index contributed by atoms with van der Waals surface area (Å²) in [6, 6.07) is 0. The molecule has 1 aliphatic rings. The third-order valence-corrected chi connectivity index (χ3v) is 4.18. The standard InChI is InChI=1S/C19H34/c1-2-4-6-8-10-12-14-16-18-19-17-15-13-11-9-7-5-3-1/h1,5H,2,4,6-19H2. The lowest BCUT2D eigenvalue weighted by atomic mass is 10.0. The van der Waals surface area contributed by atoms with Gasteiger partial charge in [0, 0.05) is 0 Å². The molecule has 19 heavy (non-hydrogen) atoms. The van der Waals surface area contributed by atoms with Crippen LogP contribution >= 0.6 is 0 Å². The lowest BCUT2D eigenvalue weighted by molar-refractivity contribution is 0.534. The van der Waals surface area contributed by atoms with E-state index in [1.165, 1.54) is 103 Å². The van der Waals surface area contributed by atoms with Crippen molar-refractivity contribution in [3.63, 3.8) is 0 Å². The molecule has 0 radical (unpaired) electrons. The highest BCUT2D eigenvalue weighted by molar-refractivity contribution is 4.84. The van der Waals surface area contributed by atoms with Crippen molar-refractivity contribution in [1.82, 2.24) is 0 Å². The van der Waals surface area contributed by atoms with Crippen LogP contribution in [0.15, 0.2) is 17.9 Å². The van der Waals surface area contributed by atoms with Crippen LogP contribution in [0.1, 0.15) is 103 Å². The molecule has 0 heterocycles. The molecule has 0 N–H and O–H groups in total. The summed E-state index contributed by atoms with van der Waals surface area (Å²) in [4.78, 5) is 0. The average molecular weight is 262 g/mol. The molecule has 0 aliphatic heterocycles. The van der Waals surface area contributed by atoms with Crippen LogP contribution in [0.4, 0.5) is 0 Å². The SMILES string of the molecule is C1=CCCCCCCCCCCCCCCCCC=1. The maximum Gasteiger partial charge on any atom is -0.0274 e. The van der Waals surface area contributed by atoms with Crippen LogP contribution in [0.5, 0.6) is 0 Å². The summed E-state index contributed by atoms with van der Waals surface area (Å²) in [5.74, 6) is 0. The van der Waals surface area contributed by atoms with Crippen molar-refractivity contribution >= 4 is 0 Å². The van der Waals surface area contributed by atoms with Gasteiger partial charge in [-0.05, 0) is 37.8 Å². The highest BCUT2D eigenvalue weighted by Gasteiger charge is 1.94. The fourth-order valence-corrected chi connectivity index (χ4v) is 2.86. The van der Waals surface area contributed by atoms with E-state index >= 15 is 0 Å². The van der Waals surface area contributed by atoms with Gasteiger partial charge < -0.3 is 0 Å². The Labute approximate surface area is 121 Å². The molecule has 0 atom stereocenters. The lowest BCUT2D eigenvalue weighted by Gasteiger charge is -2.02. The maximum absolute atomic E-state index is 3.35. The maximum atomic E-state index is 3.35. The van der Waals surface area contributed by atoms with Gasteiger partial charge in [0.2, 0.25) is 0 Å². The van der Waals surface area contributed by atoms with Crippen molar-refractivity contribution in [2.45, 2.75) is 103 Å². The van der Waals surface area contributed by atoms with Crippen LogP contribution in [-0.4, -0.2) is 0 Å². The first-order valence-electron chi connectivity index (χ1n) is 8.89. The smallest absolute Gasteiger partial charge is 0.0274 e. The monoisotopic (exact) mass is 262 g/mol. The molecule has 0 saturated heterocycles. The van der Waals surface area contributed by atoms with Crippen molar-refractivity contribution in [3.05, 3.63) is 17.9 Å². The Morgan fingerprint density at radius 3 is 0.947 bits per heavy atom. The van der Waals surface area contributed by atoms with E-state index in [-0.39, 0.29) is 0 Å². The van der Waals surface area contributed by atoms with E-state index in [0.717, 1.165) is 0 Å². The first kappa shape index (κ1) is 16.6. The Hall–Kier alpha value is -0.480. The largest absolute Gasteiger partial charge is 0.130 e. The van der Waals surface area contributed by atoms with Crippen LogP contribution < -0.4 is 0 Å². The van der Waals surface area contributed by atoms with Gasteiger partial charge in [-0.2, -0.15) is 0 Å². The molecule has 0 aromatic carbocycles. The molecule has 0 amide bonds. The highest BCUT2D eigenvalue weighted by atomic mass is 14.0. The average Bonchev–Trinajstić information content (AvgIpc) is 2.43. The topological polar surface area (TPSA) is 0 Å². The summed E-state index contributed by atoms with van der Waals surface area (Å²) in [5.41, 5.74) is 3.35. The van der Waals surface area contributed by atoms with Crippen molar-refractivity contribution in [2.75, 3.05) is 0 Å². The summed E-state index contributed by atoms with van der Waals surface area (Å²) in [6.07, 6.45) is 27.2. The highest BCUT2D eigenvalue weighted by Crippen LogP contribution is 2.14. The van der Waals surface area contributed by atoms with Crippen LogP contribution in [0, 0.1) is 0 Å². The molecule has 1 rings (SSSR count). The second-order valence-electron chi connectivity index (χ2n) is 6.10. The Bertz CT molecular complexity index is 210. The molecule has 0 saturated carbocycles. The van der Waals surface area contributed by atoms with Gasteiger partial charge in [-0.3, -0.25) is 0 Å². The summed E-state index contributed by atoms with van der Waals surface area (Å²) < 4.78 is 0. The fourth-order valence-electron chi connectivity index (χ4n) is 2.86. The minimum Gasteiger partial charge on any atom is -0.130 e. The molecule has 1 aliphatic carbocycles. The second-order valence-corrected chi connectivity index (χ2v) is 6.10. The molecular weight excluding hydrogens is 228 g/mol. The van der Waals surface area contributed by atoms with E-state index in [2.05, 4.69) is 17.9 Å². The predicted molar refractivity (Wildman–Crippen MR) is 86.5 cm³/mol. The zero-order chi connectivity index (χ0) is 13.4. The van der Waals surface area contributed by atoms with E-state index in [9.17, 15) is 0 Å². The summed E-state index contributed by atoms with van der Waals surface area (Å²) >= 11 is 0. The van der Waals surface area contributed by atoms with Crippen molar-refractivity contribution < 1.29 is 0 Å². The molecule has 0 bridgehead atoms. The van der Waals surface area contributed by atoms with Crippen LogP contribution in [0.3, 0.4) is 0 Å². The number of hydrogen-bond donors (Lipinski definition) is 0. The molecule has 0 fully saturated rings. The van der Waals surface area contributed by atoms with Gasteiger partial charge >= 0.3 is 0 Å². The minimum absolute atomic E-state index is 1.23. The molecule has 0 aromatic rings. The van der Waals surface area contributed by atoms with Crippen LogP contribution in [0.2, 0.25) is 0 Å². The Morgan fingerprint density at radius 1 is 0.368 bits per heavy atom. The first-order valence-corrected chi connectivity index (χ1v) is 8.89. The normalized spacial score (nSPS) is 22.3. The Kier molecular flexibility index (Phi) is 12.2. The van der Waals surface area contributed by atoms with Gasteiger partial charge in [0.1, 0.15) is 0 Å². The third-order valence-electron chi connectivity index (χ3n) is 4.18. The van der Waals surface area contributed by atoms with Gasteiger partial charge in [-0.15, -0.1) is 5.73 Å². The van der Waals surface area contributed by atoms with Gasteiger partial charge in [0.05, 0.1) is 0 Å². The molecule has 0 spiro atoms. The lowest BCUT2D eigenvalue weighted by Crippen LogP contribution is -1.83. The van der Waals surface area contributed by atoms with Gasteiger partial charge in [0.15, 0.2) is 0 Å². The Balaban J connectivity index is 2.12. The van der Waals surface area contributed by atoms with E-state index < -0.39 is 0 Å². The second kappa shape index (κ2) is 13.9. The van der Waals surface area contributed by atoms with Crippen LogP contribution in [-0.2, 0) is 0 Å². The third kappa shape index (κ3) is 12.3. The molecule has 0 heteroatoms. The van der Waals surface area contributed by atoms with Gasteiger partial charge in [-0.25, -0.2) is 0 Å². The van der Waals surface area contributed by atoms with Crippen molar-refractivity contribution in [3.8, 4) is 0 Å². The molecule has 110 valence electrons. The van der Waals surface area contributed by atoms with E-state index in [1.54, 1.807) is 0 Å². The van der Waals surface area contributed by atoms with E-state index in [4.69, 9.17) is 0 Å². The quantitative estimate of drug-likeness (QED) is 0.414. The molecule has 0 unspecified atom stereocenters. The molecule has 0 nitrogen and oxygen atoms in total. The minimum atomic E-state index is 1.23. The molecular formula is C19H34. The van der Waals surface area contributed by atoms with Crippen molar-refractivity contribution in [1.29, 1.82) is 0 Å². The number of hydrogen-bond acceptors (Lipinski definition) is 0. The predicted octanol–water partition coefficient (Wildman–Crippen LogP) is 6.95. The summed E-state index contributed by atoms with van der Waals surface area (Å²) in [6.45, 7) is 0. The number of rotatable bonds is 0. The fraction of sp³-hybridized carbons (Fsp3) is 0.842. The van der Waals surface area contributed by atoms with E-state index in [1.807, 2.05) is 0 Å². The zero-order valence-electron chi connectivity index (χ0n) is 13.0. The van der Waals surface area contributed by atoms with Gasteiger partial charge in [0.25, 0.3) is 0 Å². The number of allylic oxidation sites excluding steroid dienone is 1. The van der Waals surface area contributed by atoms with Crippen LogP contribution in [0.25, 0.3) is 0 Å². The first-order chi connectivity index (χ1) is 9.50. The van der Waals surface area contributed by atoms with E-state index in [0.29, 0.717) is 0 Å². The van der Waals surface area contributed by atoms with Gasteiger partial charge in [-0.1, -0.05) is 77.0 Å². The summed E-state index contributed by atoms with van der Waals surface area (Å²) in [7, 11) is 0. The zero-order valence-corrected chi connectivity index (χ0v) is 13.0. The molecule has 0 aromatic heterocycles. The van der Waals surface area contributed by atoms with Crippen molar-refractivity contribution in [2.24, 2.45) is 0 Å². The Morgan fingerprint density at radius 2 is 0.632 bits per heavy atom.